The van der Waals surface area contributed by atoms with Gasteiger partial charge in [0.25, 0.3) is 0 Å². The van der Waals surface area contributed by atoms with E-state index < -0.39 is 5.60 Å². The molecule has 1 aromatic carbocycles. The molecule has 0 spiro atoms. The zero-order valence-corrected chi connectivity index (χ0v) is 10.7. The van der Waals surface area contributed by atoms with Crippen molar-refractivity contribution in [3.63, 3.8) is 0 Å². The van der Waals surface area contributed by atoms with Crippen molar-refractivity contribution >= 4 is 11.5 Å². The topological polar surface area (TPSA) is 73.3 Å². The van der Waals surface area contributed by atoms with E-state index in [-0.39, 0.29) is 5.84 Å². The van der Waals surface area contributed by atoms with E-state index >= 15 is 0 Å². The molecule has 0 unspecified atom stereocenters. The molecule has 4 heteroatoms. The van der Waals surface area contributed by atoms with E-state index in [0.717, 1.165) is 12.2 Å². The van der Waals surface area contributed by atoms with E-state index in [1.807, 2.05) is 36.1 Å². The molecule has 1 rings (SSSR count). The van der Waals surface area contributed by atoms with Gasteiger partial charge in [-0.2, -0.15) is 0 Å². The molecular weight excluding hydrogens is 214 g/mol. The van der Waals surface area contributed by atoms with E-state index in [0.29, 0.717) is 12.1 Å². The van der Waals surface area contributed by atoms with Crippen LogP contribution in [0.4, 0.5) is 5.69 Å². The number of aliphatic hydroxyl groups is 1. The molecule has 94 valence electrons. The highest BCUT2D eigenvalue weighted by atomic mass is 16.3. The van der Waals surface area contributed by atoms with Crippen LogP contribution in [-0.2, 0) is 0 Å². The van der Waals surface area contributed by atoms with Gasteiger partial charge in [0.1, 0.15) is 5.84 Å². The lowest BCUT2D eigenvalue weighted by Gasteiger charge is -2.31. The summed E-state index contributed by atoms with van der Waals surface area (Å²) < 4.78 is 0. The first-order chi connectivity index (χ1) is 7.85. The summed E-state index contributed by atoms with van der Waals surface area (Å²) in [4.78, 5) is 2.02. The summed E-state index contributed by atoms with van der Waals surface area (Å²) in [6.07, 6.45) is 0. The quantitative estimate of drug-likeness (QED) is 0.535. The average Bonchev–Trinajstić information content (AvgIpc) is 2.24. The van der Waals surface area contributed by atoms with Crippen LogP contribution < -0.4 is 10.6 Å². The lowest BCUT2D eigenvalue weighted by atomic mass is 10.1. The smallest absolute Gasteiger partial charge is 0.124 e. The molecule has 4 nitrogen and oxygen atoms in total. The van der Waals surface area contributed by atoms with Crippen LogP contribution in [0.15, 0.2) is 24.3 Å². The third-order valence-electron chi connectivity index (χ3n) is 2.49. The molecule has 0 heterocycles. The maximum Gasteiger partial charge on any atom is 0.124 e. The van der Waals surface area contributed by atoms with Crippen molar-refractivity contribution in [1.29, 1.82) is 5.41 Å². The molecule has 17 heavy (non-hydrogen) atoms. The molecule has 0 saturated heterocycles. The monoisotopic (exact) mass is 235 g/mol. The molecule has 4 N–H and O–H groups in total. The zero-order chi connectivity index (χ0) is 13.1. The second-order valence-electron chi connectivity index (χ2n) is 4.76. The standard InChI is InChI=1S/C13H21N3O/c1-4-16(9-13(2,3)17)11-8-6-5-7-10(11)12(14)15/h5-8,17H,4,9H2,1-3H3,(H3,14,15). The summed E-state index contributed by atoms with van der Waals surface area (Å²) >= 11 is 0. The SMILES string of the molecule is CCN(CC(C)(C)O)c1ccccc1C(=N)N. The molecule has 0 aliphatic carbocycles. The highest BCUT2D eigenvalue weighted by Gasteiger charge is 2.19. The highest BCUT2D eigenvalue weighted by Crippen LogP contribution is 2.21. The third kappa shape index (κ3) is 3.75. The van der Waals surface area contributed by atoms with Gasteiger partial charge in [0.15, 0.2) is 0 Å². The van der Waals surface area contributed by atoms with Crippen molar-refractivity contribution < 1.29 is 5.11 Å². The fourth-order valence-corrected chi connectivity index (χ4v) is 1.81. The Morgan fingerprint density at radius 3 is 2.47 bits per heavy atom. The lowest BCUT2D eigenvalue weighted by Crippen LogP contribution is -2.39. The number of para-hydroxylation sites is 1. The van der Waals surface area contributed by atoms with Crippen molar-refractivity contribution in [2.45, 2.75) is 26.4 Å². The Kier molecular flexibility index (Phi) is 4.12. The third-order valence-corrected chi connectivity index (χ3v) is 2.49. The van der Waals surface area contributed by atoms with Gasteiger partial charge < -0.3 is 15.7 Å². The van der Waals surface area contributed by atoms with Crippen LogP contribution in [0.1, 0.15) is 26.3 Å². The summed E-state index contributed by atoms with van der Waals surface area (Å²) in [5.41, 5.74) is 6.39. The van der Waals surface area contributed by atoms with Crippen LogP contribution in [-0.4, -0.2) is 29.6 Å². The number of benzene rings is 1. The Morgan fingerprint density at radius 2 is 2.00 bits per heavy atom. The van der Waals surface area contributed by atoms with Gasteiger partial charge in [-0.05, 0) is 32.9 Å². The number of amidine groups is 1. The molecule has 0 aliphatic rings. The number of nitrogen functional groups attached to an aromatic ring is 1. The first-order valence-electron chi connectivity index (χ1n) is 5.76. The van der Waals surface area contributed by atoms with Crippen molar-refractivity contribution in [1.82, 2.24) is 0 Å². The van der Waals surface area contributed by atoms with Crippen LogP contribution in [0.25, 0.3) is 0 Å². The van der Waals surface area contributed by atoms with E-state index in [2.05, 4.69) is 0 Å². The normalized spacial score (nSPS) is 11.3. The maximum absolute atomic E-state index is 9.88. The van der Waals surface area contributed by atoms with Gasteiger partial charge in [0.05, 0.1) is 5.60 Å². The molecule has 0 radical (unpaired) electrons. The van der Waals surface area contributed by atoms with Gasteiger partial charge in [0, 0.05) is 24.3 Å². The average molecular weight is 235 g/mol. The van der Waals surface area contributed by atoms with Crippen molar-refractivity contribution in [3.05, 3.63) is 29.8 Å². The minimum atomic E-state index is -0.778. The van der Waals surface area contributed by atoms with E-state index in [4.69, 9.17) is 11.1 Å². The van der Waals surface area contributed by atoms with E-state index in [1.54, 1.807) is 13.8 Å². The summed E-state index contributed by atoms with van der Waals surface area (Å²) in [6, 6.07) is 7.52. The first-order valence-corrected chi connectivity index (χ1v) is 5.76. The van der Waals surface area contributed by atoms with Crippen LogP contribution in [0.5, 0.6) is 0 Å². The zero-order valence-electron chi connectivity index (χ0n) is 10.7. The number of rotatable bonds is 5. The minimum Gasteiger partial charge on any atom is -0.389 e. The molecule has 0 amide bonds. The van der Waals surface area contributed by atoms with Crippen molar-refractivity contribution in [2.24, 2.45) is 5.73 Å². The Balaban J connectivity index is 3.07. The first kappa shape index (κ1) is 13.5. The molecule has 0 fully saturated rings. The molecule has 1 aromatic rings. The Hall–Kier alpha value is -1.55. The summed E-state index contributed by atoms with van der Waals surface area (Å²) in [7, 11) is 0. The largest absolute Gasteiger partial charge is 0.389 e. The summed E-state index contributed by atoms with van der Waals surface area (Å²) in [5, 5.41) is 17.4. The molecule has 0 atom stereocenters. The number of anilines is 1. The number of hydrogen-bond acceptors (Lipinski definition) is 3. The predicted molar refractivity (Wildman–Crippen MR) is 71.6 cm³/mol. The Morgan fingerprint density at radius 1 is 1.41 bits per heavy atom. The van der Waals surface area contributed by atoms with Gasteiger partial charge in [-0.1, -0.05) is 12.1 Å². The van der Waals surface area contributed by atoms with E-state index in [1.165, 1.54) is 0 Å². The number of likely N-dealkylation sites (N-methyl/N-ethyl adjacent to an activating group) is 1. The Bertz CT molecular complexity index is 396. The second-order valence-corrected chi connectivity index (χ2v) is 4.76. The summed E-state index contributed by atoms with van der Waals surface area (Å²) in [6.45, 7) is 6.82. The Labute approximate surface area is 103 Å². The minimum absolute atomic E-state index is 0.0507. The van der Waals surface area contributed by atoms with Crippen LogP contribution in [0, 0.1) is 5.41 Å². The van der Waals surface area contributed by atoms with Crippen molar-refractivity contribution in [3.8, 4) is 0 Å². The van der Waals surface area contributed by atoms with Gasteiger partial charge >= 0.3 is 0 Å². The molecular formula is C13H21N3O. The summed E-state index contributed by atoms with van der Waals surface area (Å²) in [5.74, 6) is 0.0507. The van der Waals surface area contributed by atoms with Crippen LogP contribution in [0.2, 0.25) is 0 Å². The molecule has 0 bridgehead atoms. The molecule has 0 aliphatic heterocycles. The fraction of sp³-hybridized carbons (Fsp3) is 0.462. The van der Waals surface area contributed by atoms with Crippen LogP contribution in [0.3, 0.4) is 0 Å². The number of nitrogens with two attached hydrogens (primary N) is 1. The number of hydrogen-bond donors (Lipinski definition) is 3. The fourth-order valence-electron chi connectivity index (χ4n) is 1.81. The molecule has 0 saturated carbocycles. The predicted octanol–water partition coefficient (Wildman–Crippen LogP) is 1.57. The van der Waals surface area contributed by atoms with E-state index in [9.17, 15) is 5.11 Å². The van der Waals surface area contributed by atoms with Gasteiger partial charge in [-0.25, -0.2) is 0 Å². The van der Waals surface area contributed by atoms with Gasteiger partial charge in [-0.15, -0.1) is 0 Å². The lowest BCUT2D eigenvalue weighted by molar-refractivity contribution is 0.0876. The second kappa shape index (κ2) is 5.19. The number of nitrogens with one attached hydrogen (secondary N) is 1. The van der Waals surface area contributed by atoms with Crippen molar-refractivity contribution in [2.75, 3.05) is 18.0 Å². The van der Waals surface area contributed by atoms with Gasteiger partial charge in [-0.3, -0.25) is 5.41 Å². The maximum atomic E-state index is 9.88. The highest BCUT2D eigenvalue weighted by molar-refractivity contribution is 6.00. The van der Waals surface area contributed by atoms with Crippen LogP contribution >= 0.6 is 0 Å². The van der Waals surface area contributed by atoms with Gasteiger partial charge in [0.2, 0.25) is 0 Å². The molecule has 0 aromatic heterocycles. The number of nitrogens with zero attached hydrogens (tertiary/aromatic N) is 1.